The maximum absolute atomic E-state index is 10.4. The second-order valence-electron chi connectivity index (χ2n) is 7.41. The fourth-order valence-electron chi connectivity index (χ4n) is 4.78. The topological polar surface area (TPSA) is 29.5 Å². The molecule has 1 aromatic carbocycles. The summed E-state index contributed by atoms with van der Waals surface area (Å²) in [6.07, 6.45) is 4.10. The number of benzene rings is 1. The summed E-state index contributed by atoms with van der Waals surface area (Å²) >= 11 is 0. The Labute approximate surface area is 122 Å². The van der Waals surface area contributed by atoms with Crippen LogP contribution in [0, 0.1) is 11.3 Å². The van der Waals surface area contributed by atoms with Gasteiger partial charge in [0.25, 0.3) is 0 Å². The molecule has 0 saturated heterocycles. The minimum atomic E-state index is -0.173. The predicted octanol–water partition coefficient (Wildman–Crippen LogP) is 3.70. The lowest BCUT2D eigenvalue weighted by Crippen LogP contribution is -2.53. The number of aliphatic hydroxyl groups excluding tert-OH is 1. The van der Waals surface area contributed by atoms with Gasteiger partial charge in [-0.15, -0.1) is 0 Å². The van der Waals surface area contributed by atoms with Crippen molar-refractivity contribution in [2.24, 2.45) is 11.3 Å². The van der Waals surface area contributed by atoms with Gasteiger partial charge in [0.05, 0.1) is 13.2 Å². The smallest absolute Gasteiger partial charge is 0.119 e. The van der Waals surface area contributed by atoms with Crippen LogP contribution in [-0.2, 0) is 11.8 Å². The molecule has 0 amide bonds. The first kappa shape index (κ1) is 13.9. The first-order chi connectivity index (χ1) is 9.39. The van der Waals surface area contributed by atoms with Gasteiger partial charge < -0.3 is 9.84 Å². The van der Waals surface area contributed by atoms with E-state index in [0.29, 0.717) is 5.92 Å². The Bertz CT molecular complexity index is 520. The molecule has 0 aromatic heterocycles. The lowest BCUT2D eigenvalue weighted by molar-refractivity contribution is -0.0731. The largest absolute Gasteiger partial charge is 0.497 e. The van der Waals surface area contributed by atoms with Crippen LogP contribution in [0.1, 0.15) is 51.2 Å². The fourth-order valence-corrected chi connectivity index (χ4v) is 4.78. The second-order valence-corrected chi connectivity index (χ2v) is 7.41. The highest BCUT2D eigenvalue weighted by Gasteiger charge is 2.53. The molecule has 110 valence electrons. The minimum absolute atomic E-state index is 0.00618. The summed E-state index contributed by atoms with van der Waals surface area (Å²) in [5, 5.41) is 10.4. The molecule has 2 nitrogen and oxygen atoms in total. The Hall–Kier alpha value is -1.02. The third kappa shape index (κ3) is 1.81. The summed E-state index contributed by atoms with van der Waals surface area (Å²) < 4.78 is 5.43. The molecule has 1 aromatic rings. The normalized spacial score (nSPS) is 35.0. The van der Waals surface area contributed by atoms with Gasteiger partial charge >= 0.3 is 0 Å². The van der Waals surface area contributed by atoms with Crippen molar-refractivity contribution in [3.05, 3.63) is 29.3 Å². The van der Waals surface area contributed by atoms with Crippen LogP contribution in [0.2, 0.25) is 0 Å². The van der Waals surface area contributed by atoms with E-state index < -0.39 is 0 Å². The Balaban J connectivity index is 2.10. The molecule has 0 spiro atoms. The fraction of sp³-hybridized carbons (Fsp3) is 0.667. The van der Waals surface area contributed by atoms with Crippen molar-refractivity contribution in [3.8, 4) is 5.75 Å². The van der Waals surface area contributed by atoms with Gasteiger partial charge in [0.1, 0.15) is 5.75 Å². The summed E-state index contributed by atoms with van der Waals surface area (Å²) in [7, 11) is 1.74. The molecule has 0 heterocycles. The summed E-state index contributed by atoms with van der Waals surface area (Å²) in [5.74, 6) is 1.49. The van der Waals surface area contributed by atoms with Crippen molar-refractivity contribution in [1.29, 1.82) is 0 Å². The summed E-state index contributed by atoms with van der Waals surface area (Å²) in [5.41, 5.74) is 3.09. The van der Waals surface area contributed by atoms with Crippen molar-refractivity contribution in [3.63, 3.8) is 0 Å². The quantitative estimate of drug-likeness (QED) is 0.846. The van der Waals surface area contributed by atoms with E-state index >= 15 is 0 Å². The van der Waals surface area contributed by atoms with Crippen molar-refractivity contribution in [1.82, 2.24) is 0 Å². The van der Waals surface area contributed by atoms with Crippen LogP contribution in [0.15, 0.2) is 18.2 Å². The lowest BCUT2D eigenvalue weighted by atomic mass is 9.49. The molecule has 1 fully saturated rings. The van der Waals surface area contributed by atoms with Crippen LogP contribution in [-0.4, -0.2) is 18.3 Å². The average Bonchev–Trinajstić information content (AvgIpc) is 2.43. The van der Waals surface area contributed by atoms with Crippen molar-refractivity contribution in [2.75, 3.05) is 7.11 Å². The summed E-state index contributed by atoms with van der Waals surface area (Å²) in [4.78, 5) is 0. The van der Waals surface area contributed by atoms with Gasteiger partial charge in [-0.2, -0.15) is 0 Å². The van der Waals surface area contributed by atoms with Crippen molar-refractivity contribution in [2.45, 2.75) is 58.0 Å². The molecule has 2 aliphatic carbocycles. The van der Waals surface area contributed by atoms with E-state index in [1.54, 1.807) is 7.11 Å². The maximum Gasteiger partial charge on any atom is 0.119 e. The molecule has 0 radical (unpaired) electrons. The Morgan fingerprint density at radius 2 is 1.95 bits per heavy atom. The summed E-state index contributed by atoms with van der Waals surface area (Å²) in [6, 6.07) is 6.54. The standard InChI is InChI=1S/C18H26O2/c1-17(2)15-8-6-12-5-7-13(20-4)11-14(12)18(15,3)10-9-16(17)19/h5,7,11,15-16,19H,6,8-10H2,1-4H3/t15?,16?,18-/m1/s1. The molecule has 1 N–H and O–H groups in total. The van der Waals surface area contributed by atoms with Crippen LogP contribution in [0.5, 0.6) is 5.75 Å². The number of methoxy groups -OCH3 is 1. The Kier molecular flexibility index (Phi) is 3.13. The zero-order chi connectivity index (χ0) is 14.5. The highest BCUT2D eigenvalue weighted by atomic mass is 16.5. The lowest BCUT2D eigenvalue weighted by Gasteiger charge is -2.56. The van der Waals surface area contributed by atoms with Crippen molar-refractivity contribution < 1.29 is 9.84 Å². The molecule has 2 unspecified atom stereocenters. The molecule has 1 saturated carbocycles. The van der Waals surface area contributed by atoms with Crippen LogP contribution < -0.4 is 4.74 Å². The van der Waals surface area contributed by atoms with E-state index in [0.717, 1.165) is 25.0 Å². The first-order valence-electron chi connectivity index (χ1n) is 7.75. The maximum atomic E-state index is 10.4. The Morgan fingerprint density at radius 3 is 2.65 bits per heavy atom. The van der Waals surface area contributed by atoms with Gasteiger partial charge in [0, 0.05) is 0 Å². The third-order valence-electron chi connectivity index (χ3n) is 6.10. The minimum Gasteiger partial charge on any atom is -0.497 e. The van der Waals surface area contributed by atoms with E-state index in [9.17, 15) is 5.11 Å². The van der Waals surface area contributed by atoms with E-state index in [-0.39, 0.29) is 16.9 Å². The monoisotopic (exact) mass is 274 g/mol. The van der Waals surface area contributed by atoms with Crippen LogP contribution in [0.4, 0.5) is 0 Å². The van der Waals surface area contributed by atoms with Gasteiger partial charge in [-0.05, 0) is 65.7 Å². The highest BCUT2D eigenvalue weighted by Crippen LogP contribution is 2.57. The molecule has 20 heavy (non-hydrogen) atoms. The van der Waals surface area contributed by atoms with Crippen LogP contribution in [0.25, 0.3) is 0 Å². The molecule has 2 aliphatic rings. The zero-order valence-electron chi connectivity index (χ0n) is 13.1. The van der Waals surface area contributed by atoms with E-state index in [2.05, 4.69) is 39.0 Å². The molecular weight excluding hydrogens is 248 g/mol. The number of hydrogen-bond donors (Lipinski definition) is 1. The third-order valence-corrected chi connectivity index (χ3v) is 6.10. The first-order valence-corrected chi connectivity index (χ1v) is 7.75. The molecule has 3 rings (SSSR count). The summed E-state index contributed by atoms with van der Waals surface area (Å²) in [6.45, 7) is 6.87. The SMILES string of the molecule is COc1ccc2c(c1)[C@@]1(C)CCC(O)C(C)(C)C1CC2. The molecular formula is C18H26O2. The van der Waals surface area contributed by atoms with E-state index in [1.807, 2.05) is 0 Å². The number of hydrogen-bond acceptors (Lipinski definition) is 2. The van der Waals surface area contributed by atoms with Crippen LogP contribution >= 0.6 is 0 Å². The molecule has 0 aliphatic heterocycles. The second kappa shape index (κ2) is 4.49. The molecule has 3 atom stereocenters. The predicted molar refractivity (Wildman–Crippen MR) is 81.2 cm³/mol. The van der Waals surface area contributed by atoms with Gasteiger partial charge in [-0.1, -0.05) is 26.8 Å². The van der Waals surface area contributed by atoms with Gasteiger partial charge in [-0.25, -0.2) is 0 Å². The van der Waals surface area contributed by atoms with Crippen LogP contribution in [0.3, 0.4) is 0 Å². The number of aliphatic hydroxyl groups is 1. The zero-order valence-corrected chi connectivity index (χ0v) is 13.1. The van der Waals surface area contributed by atoms with Crippen molar-refractivity contribution >= 4 is 0 Å². The number of aryl methyl sites for hydroxylation is 1. The Morgan fingerprint density at radius 1 is 1.20 bits per heavy atom. The highest BCUT2D eigenvalue weighted by molar-refractivity contribution is 5.43. The number of ether oxygens (including phenoxy) is 1. The number of rotatable bonds is 1. The average molecular weight is 274 g/mol. The van der Waals surface area contributed by atoms with E-state index in [4.69, 9.17) is 4.74 Å². The van der Waals surface area contributed by atoms with E-state index in [1.165, 1.54) is 17.5 Å². The van der Waals surface area contributed by atoms with Gasteiger partial charge in [-0.3, -0.25) is 0 Å². The van der Waals surface area contributed by atoms with Gasteiger partial charge in [0.2, 0.25) is 0 Å². The number of fused-ring (bicyclic) bond motifs is 3. The van der Waals surface area contributed by atoms with Gasteiger partial charge in [0.15, 0.2) is 0 Å². The molecule has 0 bridgehead atoms. The molecule has 2 heteroatoms.